The second kappa shape index (κ2) is 4.66. The van der Waals surface area contributed by atoms with Gasteiger partial charge in [0.05, 0.1) is 5.69 Å². The summed E-state index contributed by atoms with van der Waals surface area (Å²) in [6.07, 6.45) is 5.83. The normalized spacial score (nSPS) is 10.1. The Morgan fingerprint density at radius 2 is 1.94 bits per heavy atom. The molecule has 0 fully saturated rings. The van der Waals surface area contributed by atoms with E-state index in [4.69, 9.17) is 0 Å². The molecule has 0 radical (unpaired) electrons. The largest absolute Gasteiger partial charge is 0.295 e. The van der Waals surface area contributed by atoms with Gasteiger partial charge in [-0.2, -0.15) is 0 Å². The van der Waals surface area contributed by atoms with Gasteiger partial charge >= 0.3 is 0 Å². The number of nitrogens with zero attached hydrogens (tertiary/aromatic N) is 2. The van der Waals surface area contributed by atoms with E-state index in [1.165, 1.54) is 0 Å². The Morgan fingerprint density at radius 3 is 2.50 bits per heavy atom. The minimum Gasteiger partial charge on any atom is -0.295 e. The zero-order valence-corrected chi connectivity index (χ0v) is 9.05. The number of aromatic nitrogens is 2. The van der Waals surface area contributed by atoms with E-state index in [0.717, 1.165) is 23.2 Å². The van der Waals surface area contributed by atoms with Gasteiger partial charge in [0.1, 0.15) is 0 Å². The number of carbonyl (C=O) groups is 1. The monoisotopic (exact) mass is 212 g/mol. The molecule has 0 amide bonds. The molecule has 0 N–H and O–H groups in total. The van der Waals surface area contributed by atoms with Crippen molar-refractivity contribution < 1.29 is 4.79 Å². The highest BCUT2D eigenvalue weighted by atomic mass is 16.1. The van der Waals surface area contributed by atoms with E-state index in [2.05, 4.69) is 9.97 Å². The summed E-state index contributed by atoms with van der Waals surface area (Å²) in [7, 11) is 0. The molecule has 0 atom stereocenters. The van der Waals surface area contributed by atoms with Gasteiger partial charge in [0.25, 0.3) is 0 Å². The topological polar surface area (TPSA) is 42.9 Å². The van der Waals surface area contributed by atoms with E-state index in [-0.39, 0.29) is 5.78 Å². The van der Waals surface area contributed by atoms with Crippen molar-refractivity contribution in [2.24, 2.45) is 0 Å². The van der Waals surface area contributed by atoms with Crippen LogP contribution in [0.4, 0.5) is 0 Å². The lowest BCUT2D eigenvalue weighted by atomic mass is 10.1. The number of ketones is 1. The third-order valence-electron chi connectivity index (χ3n) is 2.36. The van der Waals surface area contributed by atoms with Gasteiger partial charge in [-0.15, -0.1) is 0 Å². The smallest absolute Gasteiger partial charge is 0.159 e. The van der Waals surface area contributed by atoms with Crippen molar-refractivity contribution in [2.45, 2.75) is 13.3 Å². The van der Waals surface area contributed by atoms with E-state index in [0.29, 0.717) is 0 Å². The van der Waals surface area contributed by atoms with Crippen LogP contribution in [-0.2, 0) is 6.42 Å². The maximum atomic E-state index is 11.1. The molecule has 1 aromatic heterocycles. The number of benzene rings is 1. The molecule has 0 unspecified atom stereocenters. The summed E-state index contributed by atoms with van der Waals surface area (Å²) >= 11 is 0. The van der Waals surface area contributed by atoms with Gasteiger partial charge < -0.3 is 0 Å². The number of carbonyl (C=O) groups excluding carboxylic acids is 1. The summed E-state index contributed by atoms with van der Waals surface area (Å²) in [5, 5.41) is 0. The van der Waals surface area contributed by atoms with Gasteiger partial charge in [0.15, 0.2) is 5.78 Å². The quantitative estimate of drug-likeness (QED) is 0.733. The molecule has 3 heteroatoms. The van der Waals surface area contributed by atoms with Crippen molar-refractivity contribution in [1.29, 1.82) is 0 Å². The fourth-order valence-electron chi connectivity index (χ4n) is 1.49. The van der Waals surface area contributed by atoms with Gasteiger partial charge in [0.2, 0.25) is 0 Å². The predicted molar refractivity (Wildman–Crippen MR) is 61.3 cm³/mol. The summed E-state index contributed by atoms with van der Waals surface area (Å²) < 4.78 is 0. The molecule has 0 saturated carbocycles. The van der Waals surface area contributed by atoms with E-state index >= 15 is 0 Å². The molecule has 0 saturated heterocycles. The second-order valence-corrected chi connectivity index (χ2v) is 3.63. The fraction of sp³-hybridized carbons (Fsp3) is 0.154. The molecule has 0 aliphatic carbocycles. The molecule has 3 nitrogen and oxygen atoms in total. The van der Waals surface area contributed by atoms with Crippen LogP contribution in [0.25, 0.3) is 0 Å². The number of Topliss-reactive ketones (excluding diaryl/α,β-unsaturated/α-hetero) is 1. The van der Waals surface area contributed by atoms with E-state index in [9.17, 15) is 4.79 Å². The number of hydrogen-bond acceptors (Lipinski definition) is 3. The van der Waals surface area contributed by atoms with Crippen LogP contribution < -0.4 is 0 Å². The number of hydrogen-bond donors (Lipinski definition) is 0. The lowest BCUT2D eigenvalue weighted by Gasteiger charge is -2.01. The zero-order valence-electron chi connectivity index (χ0n) is 9.05. The second-order valence-electron chi connectivity index (χ2n) is 3.63. The summed E-state index contributed by atoms with van der Waals surface area (Å²) in [5.74, 6) is 0.0889. The van der Waals surface area contributed by atoms with Crippen molar-refractivity contribution >= 4 is 5.78 Å². The molecule has 80 valence electrons. The maximum Gasteiger partial charge on any atom is 0.159 e. The average molecular weight is 212 g/mol. The third kappa shape index (κ3) is 2.51. The van der Waals surface area contributed by atoms with Gasteiger partial charge in [-0.05, 0) is 12.5 Å². The summed E-state index contributed by atoms with van der Waals surface area (Å²) in [4.78, 5) is 19.3. The van der Waals surface area contributed by atoms with Gasteiger partial charge in [-0.3, -0.25) is 14.8 Å². The van der Waals surface area contributed by atoms with Crippen LogP contribution in [0.2, 0.25) is 0 Å². The van der Waals surface area contributed by atoms with Crippen LogP contribution in [0, 0.1) is 0 Å². The van der Waals surface area contributed by atoms with Crippen molar-refractivity contribution in [3.8, 4) is 0 Å². The highest BCUT2D eigenvalue weighted by molar-refractivity contribution is 5.93. The van der Waals surface area contributed by atoms with E-state index in [1.807, 2.05) is 24.3 Å². The van der Waals surface area contributed by atoms with Crippen LogP contribution >= 0.6 is 0 Å². The molecule has 2 rings (SSSR count). The first kappa shape index (κ1) is 10.5. The van der Waals surface area contributed by atoms with Crippen LogP contribution in [0.15, 0.2) is 42.9 Å². The lowest BCUT2D eigenvalue weighted by molar-refractivity contribution is 0.101. The van der Waals surface area contributed by atoms with Gasteiger partial charge in [-0.25, -0.2) is 0 Å². The fourth-order valence-corrected chi connectivity index (χ4v) is 1.49. The van der Waals surface area contributed by atoms with Crippen LogP contribution in [0.5, 0.6) is 0 Å². The minimum absolute atomic E-state index is 0.0889. The highest BCUT2D eigenvalue weighted by Crippen LogP contribution is 2.08. The van der Waals surface area contributed by atoms with Gasteiger partial charge in [-0.1, -0.05) is 24.3 Å². The molecular formula is C13H12N2O. The molecule has 0 aliphatic heterocycles. The van der Waals surface area contributed by atoms with Crippen molar-refractivity contribution in [1.82, 2.24) is 9.97 Å². The first-order chi connectivity index (χ1) is 7.75. The first-order valence-corrected chi connectivity index (χ1v) is 5.10. The Bertz CT molecular complexity index is 477. The standard InChI is InChI=1S/C13H12N2O/c1-10(16)12-4-2-11(3-5-12)8-13-9-14-6-7-15-13/h2-7,9H,8H2,1H3. The average Bonchev–Trinajstić information content (AvgIpc) is 2.31. The van der Waals surface area contributed by atoms with Gasteiger partial charge in [0, 0.05) is 30.6 Å². The number of rotatable bonds is 3. The van der Waals surface area contributed by atoms with Crippen molar-refractivity contribution in [3.05, 3.63) is 59.7 Å². The molecule has 2 aromatic rings. The summed E-state index contributed by atoms with van der Waals surface area (Å²) in [6, 6.07) is 7.58. The Labute approximate surface area is 94.2 Å². The third-order valence-corrected chi connectivity index (χ3v) is 2.36. The molecule has 0 spiro atoms. The van der Waals surface area contributed by atoms with E-state index in [1.54, 1.807) is 25.5 Å². The maximum absolute atomic E-state index is 11.1. The van der Waals surface area contributed by atoms with E-state index < -0.39 is 0 Å². The van der Waals surface area contributed by atoms with Crippen molar-refractivity contribution in [3.63, 3.8) is 0 Å². The molecule has 0 bridgehead atoms. The SMILES string of the molecule is CC(=O)c1ccc(Cc2cnccn2)cc1. The van der Waals surface area contributed by atoms with Crippen LogP contribution in [-0.4, -0.2) is 15.8 Å². The van der Waals surface area contributed by atoms with Crippen LogP contribution in [0.1, 0.15) is 28.5 Å². The molecule has 0 aliphatic rings. The lowest BCUT2D eigenvalue weighted by Crippen LogP contribution is -1.95. The van der Waals surface area contributed by atoms with Crippen LogP contribution in [0.3, 0.4) is 0 Å². The zero-order chi connectivity index (χ0) is 11.4. The molecule has 1 heterocycles. The summed E-state index contributed by atoms with van der Waals surface area (Å²) in [5.41, 5.74) is 2.80. The molecule has 1 aromatic carbocycles. The Hall–Kier alpha value is -2.03. The Kier molecular flexibility index (Phi) is 3.05. The summed E-state index contributed by atoms with van der Waals surface area (Å²) in [6.45, 7) is 1.57. The van der Waals surface area contributed by atoms with Crippen molar-refractivity contribution in [2.75, 3.05) is 0 Å². The Balaban J connectivity index is 2.14. The Morgan fingerprint density at radius 1 is 1.19 bits per heavy atom. The highest BCUT2D eigenvalue weighted by Gasteiger charge is 2.00. The predicted octanol–water partition coefficient (Wildman–Crippen LogP) is 2.27. The molecular weight excluding hydrogens is 200 g/mol. The first-order valence-electron chi connectivity index (χ1n) is 5.10. The minimum atomic E-state index is 0.0889. The molecule has 16 heavy (non-hydrogen) atoms.